The summed E-state index contributed by atoms with van der Waals surface area (Å²) in [6.07, 6.45) is 1.11. The molecule has 1 fully saturated rings. The third-order valence-corrected chi connectivity index (χ3v) is 3.13. The number of nitrogens with zero attached hydrogens (tertiary/aromatic N) is 2. The van der Waals surface area contributed by atoms with Crippen LogP contribution in [0, 0.1) is 0 Å². The van der Waals surface area contributed by atoms with E-state index in [0.717, 1.165) is 32.6 Å². The van der Waals surface area contributed by atoms with Crippen LogP contribution in [0.25, 0.3) is 0 Å². The van der Waals surface area contributed by atoms with Crippen molar-refractivity contribution in [3.05, 3.63) is 0 Å². The van der Waals surface area contributed by atoms with Gasteiger partial charge in [-0.15, -0.1) is 0 Å². The first-order valence-electron chi connectivity index (χ1n) is 5.87. The van der Waals surface area contributed by atoms with E-state index in [1.165, 1.54) is 0 Å². The standard InChI is InChI=1S/C11H23N3O/c1-4-10-9-14(7-6-13(10)3)11(15)8-12-5-2/h10,12H,4-9H2,1-3H3. The maximum atomic E-state index is 11.8. The summed E-state index contributed by atoms with van der Waals surface area (Å²) in [4.78, 5) is 16.1. The van der Waals surface area contributed by atoms with E-state index in [-0.39, 0.29) is 5.91 Å². The molecule has 1 aliphatic rings. The van der Waals surface area contributed by atoms with Crippen LogP contribution >= 0.6 is 0 Å². The lowest BCUT2D eigenvalue weighted by molar-refractivity contribution is -0.133. The fourth-order valence-corrected chi connectivity index (χ4v) is 1.96. The Balaban J connectivity index is 2.40. The van der Waals surface area contributed by atoms with Crippen LogP contribution in [-0.4, -0.2) is 61.5 Å². The van der Waals surface area contributed by atoms with Crippen LogP contribution in [0.4, 0.5) is 0 Å². The number of rotatable bonds is 4. The molecule has 1 saturated heterocycles. The third kappa shape index (κ3) is 3.47. The molecule has 0 bridgehead atoms. The molecule has 0 saturated carbocycles. The Hall–Kier alpha value is -0.610. The topological polar surface area (TPSA) is 35.6 Å². The fourth-order valence-electron chi connectivity index (χ4n) is 1.96. The maximum absolute atomic E-state index is 11.8. The van der Waals surface area contributed by atoms with Gasteiger partial charge in [0.2, 0.25) is 5.91 Å². The van der Waals surface area contributed by atoms with Gasteiger partial charge in [0.25, 0.3) is 0 Å². The van der Waals surface area contributed by atoms with Crippen molar-refractivity contribution in [2.45, 2.75) is 26.3 Å². The van der Waals surface area contributed by atoms with Gasteiger partial charge in [0, 0.05) is 25.7 Å². The molecule has 0 aliphatic carbocycles. The molecule has 4 heteroatoms. The number of hydrogen-bond donors (Lipinski definition) is 1. The molecule has 0 aromatic carbocycles. The highest BCUT2D eigenvalue weighted by Gasteiger charge is 2.25. The fraction of sp³-hybridized carbons (Fsp3) is 0.909. The molecule has 88 valence electrons. The first-order valence-corrected chi connectivity index (χ1v) is 5.87. The van der Waals surface area contributed by atoms with E-state index < -0.39 is 0 Å². The van der Waals surface area contributed by atoms with Crippen LogP contribution in [0.2, 0.25) is 0 Å². The summed E-state index contributed by atoms with van der Waals surface area (Å²) in [6, 6.07) is 0.532. The largest absolute Gasteiger partial charge is 0.339 e. The number of likely N-dealkylation sites (N-methyl/N-ethyl adjacent to an activating group) is 2. The van der Waals surface area contributed by atoms with Crippen molar-refractivity contribution in [2.75, 3.05) is 39.8 Å². The Kier molecular flexibility index (Phi) is 5.05. The molecule has 0 aromatic heterocycles. The van der Waals surface area contributed by atoms with Crippen molar-refractivity contribution < 1.29 is 4.79 Å². The zero-order valence-corrected chi connectivity index (χ0v) is 10.1. The maximum Gasteiger partial charge on any atom is 0.236 e. The average molecular weight is 213 g/mol. The minimum Gasteiger partial charge on any atom is -0.339 e. The Morgan fingerprint density at radius 3 is 2.73 bits per heavy atom. The Morgan fingerprint density at radius 1 is 1.40 bits per heavy atom. The summed E-state index contributed by atoms with van der Waals surface area (Å²) in [5, 5.41) is 3.08. The molecule has 0 radical (unpaired) electrons. The van der Waals surface area contributed by atoms with E-state index in [1.807, 2.05) is 11.8 Å². The van der Waals surface area contributed by atoms with E-state index in [2.05, 4.69) is 24.2 Å². The van der Waals surface area contributed by atoms with Crippen LogP contribution in [0.15, 0.2) is 0 Å². The van der Waals surface area contributed by atoms with Gasteiger partial charge in [-0.2, -0.15) is 0 Å². The first kappa shape index (κ1) is 12.5. The zero-order valence-electron chi connectivity index (χ0n) is 10.1. The average Bonchev–Trinajstić information content (AvgIpc) is 2.26. The number of piperazine rings is 1. The number of carbonyl (C=O) groups excluding carboxylic acids is 1. The van der Waals surface area contributed by atoms with Crippen molar-refractivity contribution in [3.8, 4) is 0 Å². The molecule has 0 aromatic rings. The van der Waals surface area contributed by atoms with Crippen LogP contribution in [0.5, 0.6) is 0 Å². The molecule has 1 heterocycles. The smallest absolute Gasteiger partial charge is 0.236 e. The Labute approximate surface area is 92.6 Å². The minimum absolute atomic E-state index is 0.239. The number of carbonyl (C=O) groups is 1. The second-order valence-corrected chi connectivity index (χ2v) is 4.16. The van der Waals surface area contributed by atoms with Gasteiger partial charge in [0.1, 0.15) is 0 Å². The SMILES string of the molecule is CCNCC(=O)N1CCN(C)C(CC)C1. The van der Waals surface area contributed by atoms with E-state index in [4.69, 9.17) is 0 Å². The third-order valence-electron chi connectivity index (χ3n) is 3.13. The van der Waals surface area contributed by atoms with E-state index >= 15 is 0 Å². The summed E-state index contributed by atoms with van der Waals surface area (Å²) in [7, 11) is 2.14. The molecular formula is C11H23N3O. The number of nitrogens with one attached hydrogen (secondary N) is 1. The summed E-state index contributed by atoms with van der Waals surface area (Å²) in [5.41, 5.74) is 0. The lowest BCUT2D eigenvalue weighted by atomic mass is 10.1. The van der Waals surface area contributed by atoms with Crippen molar-refractivity contribution in [2.24, 2.45) is 0 Å². The lowest BCUT2D eigenvalue weighted by Crippen LogP contribution is -2.54. The molecule has 4 nitrogen and oxygen atoms in total. The van der Waals surface area contributed by atoms with Gasteiger partial charge in [-0.25, -0.2) is 0 Å². The highest BCUT2D eigenvalue weighted by molar-refractivity contribution is 5.78. The van der Waals surface area contributed by atoms with E-state index in [1.54, 1.807) is 0 Å². The highest BCUT2D eigenvalue weighted by Crippen LogP contribution is 2.10. The van der Waals surface area contributed by atoms with Crippen molar-refractivity contribution >= 4 is 5.91 Å². The molecule has 0 spiro atoms. The number of hydrogen-bond acceptors (Lipinski definition) is 3. The van der Waals surface area contributed by atoms with Gasteiger partial charge in [-0.3, -0.25) is 9.69 Å². The second-order valence-electron chi connectivity index (χ2n) is 4.16. The van der Waals surface area contributed by atoms with Crippen LogP contribution < -0.4 is 5.32 Å². The molecule has 1 rings (SSSR count). The molecule has 1 aliphatic heterocycles. The second kappa shape index (κ2) is 6.08. The predicted molar refractivity (Wildman–Crippen MR) is 61.8 cm³/mol. The van der Waals surface area contributed by atoms with E-state index in [0.29, 0.717) is 12.6 Å². The van der Waals surface area contributed by atoms with Crippen LogP contribution in [0.1, 0.15) is 20.3 Å². The quantitative estimate of drug-likeness (QED) is 0.722. The summed E-state index contributed by atoms with van der Waals surface area (Å²) in [5.74, 6) is 0.239. The summed E-state index contributed by atoms with van der Waals surface area (Å²) >= 11 is 0. The van der Waals surface area contributed by atoms with Gasteiger partial charge in [-0.1, -0.05) is 13.8 Å². The summed E-state index contributed by atoms with van der Waals surface area (Å²) in [6.45, 7) is 8.30. The van der Waals surface area contributed by atoms with Crippen molar-refractivity contribution in [1.29, 1.82) is 0 Å². The Morgan fingerprint density at radius 2 is 2.13 bits per heavy atom. The van der Waals surface area contributed by atoms with Crippen LogP contribution in [-0.2, 0) is 4.79 Å². The normalized spacial score (nSPS) is 23.1. The zero-order chi connectivity index (χ0) is 11.3. The van der Waals surface area contributed by atoms with Crippen molar-refractivity contribution in [3.63, 3.8) is 0 Å². The van der Waals surface area contributed by atoms with Gasteiger partial charge >= 0.3 is 0 Å². The van der Waals surface area contributed by atoms with Gasteiger partial charge in [-0.05, 0) is 20.0 Å². The molecule has 1 N–H and O–H groups in total. The Bertz CT molecular complexity index is 208. The first-order chi connectivity index (χ1) is 7.19. The van der Waals surface area contributed by atoms with Gasteiger partial charge < -0.3 is 10.2 Å². The summed E-state index contributed by atoms with van der Waals surface area (Å²) < 4.78 is 0. The highest BCUT2D eigenvalue weighted by atomic mass is 16.2. The van der Waals surface area contributed by atoms with Crippen molar-refractivity contribution in [1.82, 2.24) is 15.1 Å². The molecule has 15 heavy (non-hydrogen) atoms. The lowest BCUT2D eigenvalue weighted by Gasteiger charge is -2.39. The van der Waals surface area contributed by atoms with Gasteiger partial charge in [0.15, 0.2) is 0 Å². The molecular weight excluding hydrogens is 190 g/mol. The van der Waals surface area contributed by atoms with Crippen LogP contribution in [0.3, 0.4) is 0 Å². The predicted octanol–water partition coefficient (Wildman–Crippen LogP) is 0.149. The molecule has 1 unspecified atom stereocenters. The number of amides is 1. The minimum atomic E-state index is 0.239. The van der Waals surface area contributed by atoms with E-state index in [9.17, 15) is 4.79 Å². The van der Waals surface area contributed by atoms with Gasteiger partial charge in [0.05, 0.1) is 6.54 Å². The molecule has 1 atom stereocenters. The molecule has 1 amide bonds. The monoisotopic (exact) mass is 213 g/mol.